The van der Waals surface area contributed by atoms with Gasteiger partial charge in [0.05, 0.1) is 6.54 Å². The van der Waals surface area contributed by atoms with Crippen molar-refractivity contribution in [1.82, 2.24) is 10.6 Å². The maximum atomic E-state index is 11.5. The summed E-state index contributed by atoms with van der Waals surface area (Å²) in [5.41, 5.74) is 0.358. The zero-order valence-corrected chi connectivity index (χ0v) is 11.2. The van der Waals surface area contributed by atoms with Crippen LogP contribution in [0.4, 0.5) is 0 Å². The molecule has 1 rings (SSSR count). The van der Waals surface area contributed by atoms with Crippen molar-refractivity contribution in [2.45, 2.75) is 0 Å². The van der Waals surface area contributed by atoms with Crippen molar-refractivity contribution in [3.8, 4) is 0 Å². The fourth-order valence-corrected chi connectivity index (χ4v) is 1.38. The Balaban J connectivity index is 2.69. The first-order valence-corrected chi connectivity index (χ1v) is 6.19. The maximum Gasteiger partial charge on any atom is 0.352 e. The largest absolute Gasteiger partial charge is 0.477 e. The number of carbonyl (C=O) groups is 3. The lowest BCUT2D eigenvalue weighted by Crippen LogP contribution is -2.38. The predicted octanol–water partition coefficient (Wildman–Crippen LogP) is 0.583. The molecule has 0 unspecified atom stereocenters. The normalized spacial score (nSPS) is 10.8. The zero-order valence-electron chi connectivity index (χ0n) is 10.4. The smallest absolute Gasteiger partial charge is 0.352 e. The third-order valence-corrected chi connectivity index (χ3v) is 2.43. The van der Waals surface area contributed by atoms with Gasteiger partial charge in [-0.15, -0.1) is 11.6 Å². The molecule has 0 heterocycles. The van der Waals surface area contributed by atoms with Crippen molar-refractivity contribution in [3.63, 3.8) is 0 Å². The van der Waals surface area contributed by atoms with Crippen molar-refractivity contribution in [2.24, 2.45) is 0 Å². The molecule has 20 heavy (non-hydrogen) atoms. The number of amides is 2. The number of rotatable bonds is 6. The minimum Gasteiger partial charge on any atom is -0.477 e. The molecular weight excluding hydrogens is 284 g/mol. The van der Waals surface area contributed by atoms with E-state index in [2.05, 4.69) is 10.6 Å². The molecule has 0 aliphatic carbocycles. The second-order valence-electron chi connectivity index (χ2n) is 3.73. The monoisotopic (exact) mass is 296 g/mol. The van der Waals surface area contributed by atoms with Crippen LogP contribution < -0.4 is 10.6 Å². The molecule has 3 N–H and O–H groups in total. The van der Waals surface area contributed by atoms with E-state index in [1.54, 1.807) is 30.3 Å². The highest BCUT2D eigenvalue weighted by Gasteiger charge is 2.12. The van der Waals surface area contributed by atoms with Crippen LogP contribution >= 0.6 is 11.6 Å². The van der Waals surface area contributed by atoms with Gasteiger partial charge in [0.25, 0.3) is 0 Å². The molecule has 0 aromatic heterocycles. The molecule has 0 radical (unpaired) electrons. The number of hydrogen-bond donors (Lipinski definition) is 3. The fourth-order valence-electron chi connectivity index (χ4n) is 1.29. The van der Waals surface area contributed by atoms with E-state index in [-0.39, 0.29) is 18.1 Å². The second kappa shape index (κ2) is 7.96. The summed E-state index contributed by atoms with van der Waals surface area (Å²) < 4.78 is 0. The van der Waals surface area contributed by atoms with Crippen LogP contribution in [-0.2, 0) is 14.4 Å². The number of benzene rings is 1. The van der Waals surface area contributed by atoms with Crippen LogP contribution in [0.5, 0.6) is 0 Å². The Morgan fingerprint density at radius 3 is 2.35 bits per heavy atom. The highest BCUT2D eigenvalue weighted by atomic mass is 35.5. The molecule has 1 aromatic carbocycles. The lowest BCUT2D eigenvalue weighted by Gasteiger charge is -2.06. The van der Waals surface area contributed by atoms with Crippen LogP contribution in [0.15, 0.2) is 36.0 Å². The van der Waals surface area contributed by atoms with Crippen molar-refractivity contribution < 1.29 is 19.5 Å². The summed E-state index contributed by atoms with van der Waals surface area (Å²) in [6.45, 7) is -0.342. The van der Waals surface area contributed by atoms with Gasteiger partial charge in [-0.05, 0) is 11.6 Å². The molecule has 0 atom stereocenters. The average molecular weight is 297 g/mol. The van der Waals surface area contributed by atoms with Crippen LogP contribution in [-0.4, -0.2) is 35.3 Å². The number of halogens is 1. The Labute approximate surface area is 120 Å². The summed E-state index contributed by atoms with van der Waals surface area (Å²) in [4.78, 5) is 33.4. The SMILES string of the molecule is O=C(CCl)NCC(=O)NC(=Cc1ccccc1)C(=O)O. The number of hydrogen-bond acceptors (Lipinski definition) is 3. The van der Waals surface area contributed by atoms with E-state index in [0.29, 0.717) is 5.56 Å². The number of carboxylic acids is 1. The molecule has 1 aromatic rings. The molecule has 6 nitrogen and oxygen atoms in total. The fraction of sp³-hybridized carbons (Fsp3) is 0.154. The number of carbonyl (C=O) groups excluding carboxylic acids is 2. The van der Waals surface area contributed by atoms with Crippen molar-refractivity contribution in [2.75, 3.05) is 12.4 Å². The van der Waals surface area contributed by atoms with Gasteiger partial charge in [-0.3, -0.25) is 9.59 Å². The van der Waals surface area contributed by atoms with Gasteiger partial charge in [-0.25, -0.2) is 4.79 Å². The molecule has 0 saturated heterocycles. The van der Waals surface area contributed by atoms with E-state index in [1.807, 2.05) is 0 Å². The first-order chi connectivity index (χ1) is 9.52. The number of carboxylic acid groups (broad SMARTS) is 1. The zero-order chi connectivity index (χ0) is 15.0. The van der Waals surface area contributed by atoms with Crippen LogP contribution in [0, 0.1) is 0 Å². The Morgan fingerprint density at radius 2 is 1.80 bits per heavy atom. The molecule has 106 valence electrons. The van der Waals surface area contributed by atoms with Gasteiger partial charge in [0, 0.05) is 0 Å². The van der Waals surface area contributed by atoms with Gasteiger partial charge in [0.15, 0.2) is 0 Å². The van der Waals surface area contributed by atoms with E-state index in [0.717, 1.165) is 0 Å². The Bertz CT molecular complexity index is 528. The minimum absolute atomic E-state index is 0.265. The Hall–Kier alpha value is -2.34. The van der Waals surface area contributed by atoms with Gasteiger partial charge in [0.1, 0.15) is 11.6 Å². The van der Waals surface area contributed by atoms with Crippen molar-refractivity contribution in [1.29, 1.82) is 0 Å². The van der Waals surface area contributed by atoms with Crippen molar-refractivity contribution >= 4 is 35.5 Å². The summed E-state index contributed by atoms with van der Waals surface area (Å²) in [7, 11) is 0. The molecule has 0 spiro atoms. The van der Waals surface area contributed by atoms with Crippen LogP contribution in [0.25, 0.3) is 6.08 Å². The van der Waals surface area contributed by atoms with Gasteiger partial charge in [0.2, 0.25) is 11.8 Å². The maximum absolute atomic E-state index is 11.5. The Morgan fingerprint density at radius 1 is 1.15 bits per heavy atom. The first-order valence-electron chi connectivity index (χ1n) is 5.65. The number of nitrogens with one attached hydrogen (secondary N) is 2. The topological polar surface area (TPSA) is 95.5 Å². The third kappa shape index (κ3) is 5.53. The lowest BCUT2D eigenvalue weighted by atomic mass is 10.2. The highest BCUT2D eigenvalue weighted by Crippen LogP contribution is 2.04. The summed E-state index contributed by atoms with van der Waals surface area (Å²) in [6.07, 6.45) is 1.32. The summed E-state index contributed by atoms with van der Waals surface area (Å²) >= 11 is 5.25. The van der Waals surface area contributed by atoms with Crippen LogP contribution in [0.2, 0.25) is 0 Å². The van der Waals surface area contributed by atoms with E-state index < -0.39 is 17.8 Å². The van der Waals surface area contributed by atoms with Gasteiger partial charge >= 0.3 is 5.97 Å². The van der Waals surface area contributed by atoms with E-state index in [4.69, 9.17) is 16.7 Å². The van der Waals surface area contributed by atoms with Gasteiger partial charge < -0.3 is 15.7 Å². The minimum atomic E-state index is -1.27. The first kappa shape index (κ1) is 15.7. The molecule has 2 amide bonds. The predicted molar refractivity (Wildman–Crippen MR) is 73.9 cm³/mol. The molecule has 0 saturated carbocycles. The summed E-state index contributed by atoms with van der Waals surface area (Å²) in [5.74, 6) is -2.69. The van der Waals surface area contributed by atoms with Gasteiger partial charge in [-0.2, -0.15) is 0 Å². The molecular formula is C13H13ClN2O4. The third-order valence-electron chi connectivity index (χ3n) is 2.18. The van der Waals surface area contributed by atoms with E-state index in [1.165, 1.54) is 6.08 Å². The van der Waals surface area contributed by atoms with Crippen LogP contribution in [0.3, 0.4) is 0 Å². The van der Waals surface area contributed by atoms with E-state index >= 15 is 0 Å². The summed E-state index contributed by atoms with van der Waals surface area (Å²) in [6, 6.07) is 8.68. The summed E-state index contributed by atoms with van der Waals surface area (Å²) in [5, 5.41) is 13.5. The molecule has 0 aliphatic heterocycles. The van der Waals surface area contributed by atoms with Crippen LogP contribution in [0.1, 0.15) is 5.56 Å². The second-order valence-corrected chi connectivity index (χ2v) is 4.00. The quantitative estimate of drug-likeness (QED) is 0.529. The van der Waals surface area contributed by atoms with Crippen molar-refractivity contribution in [3.05, 3.63) is 41.6 Å². The molecule has 0 bridgehead atoms. The number of aliphatic carboxylic acids is 1. The average Bonchev–Trinajstić information content (AvgIpc) is 2.45. The lowest BCUT2D eigenvalue weighted by molar-refractivity contribution is -0.134. The molecule has 0 fully saturated rings. The molecule has 0 aliphatic rings. The van der Waals surface area contributed by atoms with Gasteiger partial charge in [-0.1, -0.05) is 30.3 Å². The Kier molecular flexibility index (Phi) is 6.25. The van der Waals surface area contributed by atoms with E-state index in [9.17, 15) is 14.4 Å². The molecule has 7 heteroatoms. The number of alkyl halides is 1. The highest BCUT2D eigenvalue weighted by molar-refractivity contribution is 6.27. The standard InChI is InChI=1S/C13H13ClN2O4/c14-7-11(17)15-8-12(18)16-10(13(19)20)6-9-4-2-1-3-5-9/h1-6H,7-8H2,(H,15,17)(H,16,18)(H,19,20).